The fourth-order valence-electron chi connectivity index (χ4n) is 2.89. The number of carbonyl (C=O) groups is 1. The van der Waals surface area contributed by atoms with Crippen LogP contribution in [0.15, 0.2) is 24.3 Å². The maximum atomic E-state index is 12.0. The molecule has 2 aliphatic heterocycles. The molecule has 6 heteroatoms. The van der Waals surface area contributed by atoms with Crippen molar-refractivity contribution in [3.63, 3.8) is 0 Å². The monoisotopic (exact) mass is 341 g/mol. The lowest BCUT2D eigenvalue weighted by Gasteiger charge is -2.32. The molecule has 1 atom stereocenters. The minimum Gasteiger partial charge on any atom is -0.399 e. The number of benzene rings is 1. The molecule has 0 aromatic heterocycles. The molecule has 0 saturated carbocycles. The molecule has 1 amide bonds. The number of carbonyl (C=O) groups excluding carboxylic acids is 1. The fraction of sp³-hybridized carbons (Fsp3) is 0.526. The summed E-state index contributed by atoms with van der Waals surface area (Å²) in [5.41, 5.74) is -0.824. The van der Waals surface area contributed by atoms with Crippen molar-refractivity contribution in [2.24, 2.45) is 0 Å². The first-order valence-corrected chi connectivity index (χ1v) is 8.51. The molecule has 0 aliphatic carbocycles. The summed E-state index contributed by atoms with van der Waals surface area (Å²) in [5.74, 6) is 5.32. The van der Waals surface area contributed by atoms with E-state index in [1.54, 1.807) is 7.05 Å². The molecule has 2 heterocycles. The lowest BCUT2D eigenvalue weighted by atomic mass is 9.78. The van der Waals surface area contributed by atoms with Crippen LogP contribution in [0, 0.1) is 11.8 Å². The van der Waals surface area contributed by atoms with Gasteiger partial charge in [0.2, 0.25) is 5.60 Å². The molecule has 5 nitrogen and oxygen atoms in total. The number of aliphatic hydroxyl groups is 1. The van der Waals surface area contributed by atoms with Gasteiger partial charge >= 0.3 is 7.12 Å². The third-order valence-corrected chi connectivity index (χ3v) is 5.34. The Morgan fingerprint density at radius 3 is 2.40 bits per heavy atom. The van der Waals surface area contributed by atoms with Gasteiger partial charge in [-0.25, -0.2) is 0 Å². The van der Waals surface area contributed by atoms with E-state index in [9.17, 15) is 9.90 Å². The molecule has 2 aliphatic rings. The molecule has 2 saturated heterocycles. The first kappa shape index (κ1) is 18.0. The van der Waals surface area contributed by atoms with E-state index in [0.717, 1.165) is 5.46 Å². The fourth-order valence-corrected chi connectivity index (χ4v) is 2.89. The Morgan fingerprint density at radius 1 is 1.20 bits per heavy atom. The average molecular weight is 341 g/mol. The highest BCUT2D eigenvalue weighted by Gasteiger charge is 2.51. The van der Waals surface area contributed by atoms with Crippen molar-refractivity contribution in [1.29, 1.82) is 0 Å². The third kappa shape index (κ3) is 3.20. The van der Waals surface area contributed by atoms with Crippen LogP contribution in [0.5, 0.6) is 0 Å². The van der Waals surface area contributed by atoms with Crippen molar-refractivity contribution in [3.05, 3.63) is 29.8 Å². The number of nitrogens with zero attached hydrogens (tertiary/aromatic N) is 1. The van der Waals surface area contributed by atoms with Gasteiger partial charge in [-0.3, -0.25) is 4.79 Å². The SMILES string of the molecule is CN1CC[C@](O)(C#Cc2cccc(B3OC(C)(C)C(C)(C)O3)c2)C1=O. The van der Waals surface area contributed by atoms with Crippen LogP contribution in [-0.2, 0) is 14.1 Å². The highest BCUT2D eigenvalue weighted by Crippen LogP contribution is 2.36. The van der Waals surface area contributed by atoms with Crippen LogP contribution < -0.4 is 5.46 Å². The van der Waals surface area contributed by atoms with E-state index in [-0.39, 0.29) is 5.91 Å². The van der Waals surface area contributed by atoms with Gasteiger partial charge in [0.05, 0.1) is 11.2 Å². The van der Waals surface area contributed by atoms with Gasteiger partial charge in [0.25, 0.3) is 5.91 Å². The van der Waals surface area contributed by atoms with E-state index in [1.807, 2.05) is 52.0 Å². The van der Waals surface area contributed by atoms with Crippen molar-refractivity contribution in [1.82, 2.24) is 4.90 Å². The number of rotatable bonds is 1. The quantitative estimate of drug-likeness (QED) is 0.610. The van der Waals surface area contributed by atoms with Crippen molar-refractivity contribution in [2.45, 2.75) is 50.9 Å². The van der Waals surface area contributed by atoms with Crippen LogP contribution in [-0.4, -0.2) is 53.4 Å². The van der Waals surface area contributed by atoms with E-state index in [2.05, 4.69) is 11.8 Å². The summed E-state index contributed by atoms with van der Waals surface area (Å²) in [6.45, 7) is 8.55. The Bertz CT molecular complexity index is 748. The first-order valence-electron chi connectivity index (χ1n) is 8.51. The van der Waals surface area contributed by atoms with Gasteiger partial charge in [-0.2, -0.15) is 0 Å². The molecule has 1 aromatic carbocycles. The number of amides is 1. The molecule has 2 fully saturated rings. The highest BCUT2D eigenvalue weighted by molar-refractivity contribution is 6.62. The van der Waals surface area contributed by atoms with Gasteiger partial charge in [0.15, 0.2) is 0 Å². The molecule has 1 aromatic rings. The minimum atomic E-state index is -1.59. The Morgan fingerprint density at radius 2 is 1.84 bits per heavy atom. The highest BCUT2D eigenvalue weighted by atomic mass is 16.7. The summed E-state index contributed by atoms with van der Waals surface area (Å²) in [5, 5.41) is 10.4. The normalized spacial score (nSPS) is 27.4. The van der Waals surface area contributed by atoms with Crippen LogP contribution in [0.1, 0.15) is 39.7 Å². The van der Waals surface area contributed by atoms with Crippen LogP contribution in [0.2, 0.25) is 0 Å². The van der Waals surface area contributed by atoms with E-state index in [1.165, 1.54) is 4.90 Å². The maximum absolute atomic E-state index is 12.0. The standard InChI is InChI=1S/C19H24BNO4/c1-17(2)18(3,4)25-20(24-17)15-8-6-7-14(13-15)9-10-19(23)11-12-21(5)16(19)22/h6-8,13,23H,11-12H2,1-5H3/t19-/m1/s1. The second kappa shape index (κ2) is 5.88. The van der Waals surface area contributed by atoms with Crippen molar-refractivity contribution in [2.75, 3.05) is 13.6 Å². The lowest BCUT2D eigenvalue weighted by Crippen LogP contribution is -2.41. The Kier molecular flexibility index (Phi) is 4.23. The van der Waals surface area contributed by atoms with Crippen LogP contribution in [0.4, 0.5) is 0 Å². The third-order valence-electron chi connectivity index (χ3n) is 5.34. The van der Waals surface area contributed by atoms with E-state index in [0.29, 0.717) is 18.5 Å². The van der Waals surface area contributed by atoms with E-state index in [4.69, 9.17) is 9.31 Å². The smallest absolute Gasteiger partial charge is 0.399 e. The summed E-state index contributed by atoms with van der Waals surface area (Å²) < 4.78 is 12.1. The zero-order valence-electron chi connectivity index (χ0n) is 15.4. The zero-order chi connectivity index (χ0) is 18.5. The van der Waals surface area contributed by atoms with Crippen molar-refractivity contribution >= 4 is 18.5 Å². The Balaban J connectivity index is 1.83. The van der Waals surface area contributed by atoms with E-state index < -0.39 is 23.9 Å². The van der Waals surface area contributed by atoms with Crippen molar-refractivity contribution in [3.8, 4) is 11.8 Å². The second-order valence-electron chi connectivity index (χ2n) is 7.80. The largest absolute Gasteiger partial charge is 0.494 e. The van der Waals surface area contributed by atoms with Gasteiger partial charge in [-0.1, -0.05) is 24.0 Å². The topological polar surface area (TPSA) is 59.0 Å². The molecular weight excluding hydrogens is 317 g/mol. The molecule has 3 rings (SSSR count). The first-order chi connectivity index (χ1) is 11.5. The van der Waals surface area contributed by atoms with Crippen LogP contribution in [0.3, 0.4) is 0 Å². The van der Waals surface area contributed by atoms with Crippen LogP contribution in [0.25, 0.3) is 0 Å². The molecule has 0 unspecified atom stereocenters. The van der Waals surface area contributed by atoms with Gasteiger partial charge in [-0.15, -0.1) is 0 Å². The summed E-state index contributed by atoms with van der Waals surface area (Å²) in [4.78, 5) is 13.5. The molecular formula is C19H24BNO4. The molecule has 0 radical (unpaired) electrons. The summed E-state index contributed by atoms with van der Waals surface area (Å²) >= 11 is 0. The van der Waals surface area contributed by atoms with Crippen LogP contribution >= 0.6 is 0 Å². The maximum Gasteiger partial charge on any atom is 0.494 e. The van der Waals surface area contributed by atoms with Gasteiger partial charge in [-0.05, 0) is 45.3 Å². The lowest BCUT2D eigenvalue weighted by molar-refractivity contribution is -0.137. The number of likely N-dealkylation sites (N-methyl/N-ethyl adjacent to an activating group) is 1. The van der Waals surface area contributed by atoms with E-state index >= 15 is 0 Å². The summed E-state index contributed by atoms with van der Waals surface area (Å²) in [6, 6.07) is 7.52. The second-order valence-corrected chi connectivity index (χ2v) is 7.80. The van der Waals surface area contributed by atoms with Crippen molar-refractivity contribution < 1.29 is 19.2 Å². The van der Waals surface area contributed by atoms with Gasteiger partial charge < -0.3 is 19.3 Å². The molecule has 0 spiro atoms. The summed E-state index contributed by atoms with van der Waals surface area (Å²) in [7, 11) is 1.20. The molecule has 1 N–H and O–H groups in total. The summed E-state index contributed by atoms with van der Waals surface area (Å²) in [6.07, 6.45) is 0.326. The molecule has 25 heavy (non-hydrogen) atoms. The predicted octanol–water partition coefficient (Wildman–Crippen LogP) is 0.930. The van der Waals surface area contributed by atoms with Gasteiger partial charge in [0, 0.05) is 25.6 Å². The minimum absolute atomic E-state index is 0.326. The Hall–Kier alpha value is -1.81. The average Bonchev–Trinajstić information content (AvgIpc) is 2.93. The number of likely N-dealkylation sites (tertiary alicyclic amines) is 1. The Labute approximate surface area is 149 Å². The molecule has 132 valence electrons. The number of hydrogen-bond donors (Lipinski definition) is 1. The predicted molar refractivity (Wildman–Crippen MR) is 96.2 cm³/mol. The molecule has 0 bridgehead atoms. The van der Waals surface area contributed by atoms with Gasteiger partial charge in [0.1, 0.15) is 0 Å². The number of hydrogen-bond acceptors (Lipinski definition) is 4. The zero-order valence-corrected chi connectivity index (χ0v) is 15.4.